The van der Waals surface area contributed by atoms with Crippen LogP contribution in [0.15, 0.2) is 30.5 Å². The summed E-state index contributed by atoms with van der Waals surface area (Å²) in [5.74, 6) is 2.36. The number of hydrogen-bond donors (Lipinski definition) is 2. The van der Waals surface area contributed by atoms with Gasteiger partial charge in [0.15, 0.2) is 0 Å². The first-order chi connectivity index (χ1) is 9.24. The summed E-state index contributed by atoms with van der Waals surface area (Å²) in [7, 11) is 3.65. The van der Waals surface area contributed by atoms with Gasteiger partial charge in [-0.1, -0.05) is 6.92 Å². The molecular formula is C15H21N3O. The Morgan fingerprint density at radius 3 is 2.84 bits per heavy atom. The highest BCUT2D eigenvalue weighted by Gasteiger charge is 2.05. The summed E-state index contributed by atoms with van der Waals surface area (Å²) >= 11 is 0. The average molecular weight is 259 g/mol. The molecule has 1 aromatic heterocycles. The molecule has 1 unspecified atom stereocenters. The van der Waals surface area contributed by atoms with Crippen molar-refractivity contribution in [2.24, 2.45) is 5.92 Å². The molecule has 0 radical (unpaired) electrons. The van der Waals surface area contributed by atoms with E-state index in [1.54, 1.807) is 7.11 Å². The largest absolute Gasteiger partial charge is 0.497 e. The van der Waals surface area contributed by atoms with Gasteiger partial charge in [0.05, 0.1) is 7.11 Å². The lowest BCUT2D eigenvalue weighted by atomic mass is 10.1. The molecule has 0 fully saturated rings. The lowest BCUT2D eigenvalue weighted by Crippen LogP contribution is -2.23. The highest BCUT2D eigenvalue weighted by Crippen LogP contribution is 2.25. The van der Waals surface area contributed by atoms with Crippen molar-refractivity contribution in [2.75, 3.05) is 32.6 Å². The van der Waals surface area contributed by atoms with Gasteiger partial charge in [-0.05, 0) is 49.2 Å². The predicted octanol–water partition coefficient (Wildman–Crippen LogP) is 2.51. The zero-order valence-corrected chi connectivity index (χ0v) is 11.7. The van der Waals surface area contributed by atoms with Crippen LogP contribution < -0.4 is 15.4 Å². The van der Waals surface area contributed by atoms with Crippen LogP contribution in [0.4, 0.5) is 5.82 Å². The molecule has 1 aromatic carbocycles. The minimum Gasteiger partial charge on any atom is -0.497 e. The van der Waals surface area contributed by atoms with Crippen molar-refractivity contribution in [1.29, 1.82) is 0 Å². The van der Waals surface area contributed by atoms with Gasteiger partial charge in [0, 0.05) is 18.1 Å². The molecule has 2 N–H and O–H groups in total. The van der Waals surface area contributed by atoms with Crippen molar-refractivity contribution in [2.45, 2.75) is 6.92 Å². The third-order valence-electron chi connectivity index (χ3n) is 3.14. The van der Waals surface area contributed by atoms with Crippen LogP contribution in [-0.2, 0) is 0 Å². The first-order valence-electron chi connectivity index (χ1n) is 6.56. The molecule has 4 heteroatoms. The van der Waals surface area contributed by atoms with Crippen LogP contribution in [0, 0.1) is 5.92 Å². The number of aromatic nitrogens is 1. The lowest BCUT2D eigenvalue weighted by molar-refractivity contribution is 0.415. The van der Waals surface area contributed by atoms with Crippen LogP contribution in [-0.4, -0.2) is 32.2 Å². The van der Waals surface area contributed by atoms with Crippen LogP contribution in [0.1, 0.15) is 6.92 Å². The van der Waals surface area contributed by atoms with E-state index in [4.69, 9.17) is 4.74 Å². The fourth-order valence-electron chi connectivity index (χ4n) is 2.12. The van der Waals surface area contributed by atoms with E-state index in [-0.39, 0.29) is 0 Å². The fourth-order valence-corrected chi connectivity index (χ4v) is 2.12. The second-order valence-corrected chi connectivity index (χ2v) is 4.79. The van der Waals surface area contributed by atoms with E-state index < -0.39 is 0 Å². The zero-order valence-electron chi connectivity index (χ0n) is 11.7. The van der Waals surface area contributed by atoms with Gasteiger partial charge < -0.3 is 15.4 Å². The summed E-state index contributed by atoms with van der Waals surface area (Å²) in [5, 5.41) is 8.86. The number of benzene rings is 1. The number of ether oxygens (including phenoxy) is 1. The molecule has 0 amide bonds. The predicted molar refractivity (Wildman–Crippen MR) is 79.9 cm³/mol. The summed E-state index contributed by atoms with van der Waals surface area (Å²) < 4.78 is 5.24. The van der Waals surface area contributed by atoms with Crippen molar-refractivity contribution in [3.05, 3.63) is 30.5 Å². The van der Waals surface area contributed by atoms with Gasteiger partial charge in [0.1, 0.15) is 11.6 Å². The number of anilines is 1. The monoisotopic (exact) mass is 259 g/mol. The number of nitrogens with zero attached hydrogens (tertiary/aromatic N) is 1. The minimum atomic E-state index is 0.556. The van der Waals surface area contributed by atoms with E-state index in [0.717, 1.165) is 35.4 Å². The van der Waals surface area contributed by atoms with E-state index in [2.05, 4.69) is 22.5 Å². The second kappa shape index (κ2) is 6.38. The summed E-state index contributed by atoms with van der Waals surface area (Å²) in [6.07, 6.45) is 1.83. The Balaban J connectivity index is 2.19. The Labute approximate surface area is 114 Å². The molecule has 0 saturated heterocycles. The Hall–Kier alpha value is -1.81. The summed E-state index contributed by atoms with van der Waals surface area (Å²) in [5.41, 5.74) is 0. The van der Waals surface area contributed by atoms with Gasteiger partial charge in [0.2, 0.25) is 0 Å². The molecule has 1 heterocycles. The molecule has 102 valence electrons. The highest BCUT2D eigenvalue weighted by atomic mass is 16.5. The molecule has 0 saturated carbocycles. The fraction of sp³-hybridized carbons (Fsp3) is 0.400. The Morgan fingerprint density at radius 1 is 1.26 bits per heavy atom. The first kappa shape index (κ1) is 13.6. The number of pyridine rings is 1. The van der Waals surface area contributed by atoms with Gasteiger partial charge >= 0.3 is 0 Å². The standard InChI is InChI=1S/C15H21N3O/c1-11(9-16-2)10-18-15-14-5-4-13(19-3)8-12(14)6-7-17-15/h4-8,11,16H,9-10H2,1-3H3,(H,17,18). The molecule has 0 aliphatic heterocycles. The molecule has 0 spiro atoms. The number of nitrogens with one attached hydrogen (secondary N) is 2. The number of methoxy groups -OCH3 is 1. The van der Waals surface area contributed by atoms with Gasteiger partial charge in [-0.3, -0.25) is 0 Å². The van der Waals surface area contributed by atoms with Gasteiger partial charge in [-0.25, -0.2) is 4.98 Å². The second-order valence-electron chi connectivity index (χ2n) is 4.79. The van der Waals surface area contributed by atoms with Crippen LogP contribution >= 0.6 is 0 Å². The first-order valence-corrected chi connectivity index (χ1v) is 6.56. The van der Waals surface area contributed by atoms with Crippen molar-refractivity contribution < 1.29 is 4.74 Å². The Morgan fingerprint density at radius 2 is 2.11 bits per heavy atom. The number of hydrogen-bond acceptors (Lipinski definition) is 4. The third-order valence-corrected chi connectivity index (χ3v) is 3.14. The summed E-state index contributed by atoms with van der Waals surface area (Å²) in [6.45, 7) is 4.10. The van der Waals surface area contributed by atoms with Crippen molar-refractivity contribution in [3.8, 4) is 5.75 Å². The number of rotatable bonds is 6. The summed E-state index contributed by atoms with van der Waals surface area (Å²) in [4.78, 5) is 4.42. The van der Waals surface area contributed by atoms with Crippen molar-refractivity contribution in [3.63, 3.8) is 0 Å². The molecule has 19 heavy (non-hydrogen) atoms. The lowest BCUT2D eigenvalue weighted by Gasteiger charge is -2.14. The van der Waals surface area contributed by atoms with Crippen LogP contribution in [0.5, 0.6) is 5.75 Å². The Bertz CT molecular complexity index is 542. The molecule has 4 nitrogen and oxygen atoms in total. The van der Waals surface area contributed by atoms with E-state index in [1.165, 1.54) is 0 Å². The van der Waals surface area contributed by atoms with Crippen molar-refractivity contribution >= 4 is 16.6 Å². The van der Waals surface area contributed by atoms with Crippen molar-refractivity contribution in [1.82, 2.24) is 10.3 Å². The quantitative estimate of drug-likeness (QED) is 0.836. The minimum absolute atomic E-state index is 0.556. The molecule has 2 aromatic rings. The Kier molecular flexibility index (Phi) is 4.58. The molecule has 0 bridgehead atoms. The molecule has 2 rings (SSSR count). The maximum Gasteiger partial charge on any atom is 0.133 e. The normalized spacial score (nSPS) is 12.4. The zero-order chi connectivity index (χ0) is 13.7. The topological polar surface area (TPSA) is 46.2 Å². The maximum atomic E-state index is 5.24. The van der Waals surface area contributed by atoms with Crippen LogP contribution in [0.25, 0.3) is 10.8 Å². The van der Waals surface area contributed by atoms with Crippen LogP contribution in [0.3, 0.4) is 0 Å². The molecule has 0 aliphatic rings. The maximum absolute atomic E-state index is 5.24. The SMILES string of the molecule is CNCC(C)CNc1nccc2cc(OC)ccc12. The average Bonchev–Trinajstić information content (AvgIpc) is 2.44. The third kappa shape index (κ3) is 3.35. The molecule has 1 atom stereocenters. The van der Waals surface area contributed by atoms with Crippen LogP contribution in [0.2, 0.25) is 0 Å². The van der Waals surface area contributed by atoms with Gasteiger partial charge in [-0.2, -0.15) is 0 Å². The van der Waals surface area contributed by atoms with E-state index in [9.17, 15) is 0 Å². The summed E-state index contributed by atoms with van der Waals surface area (Å²) in [6, 6.07) is 8.04. The van der Waals surface area contributed by atoms with Gasteiger partial charge in [0.25, 0.3) is 0 Å². The highest BCUT2D eigenvalue weighted by molar-refractivity contribution is 5.92. The van der Waals surface area contributed by atoms with E-state index in [1.807, 2.05) is 37.5 Å². The number of fused-ring (bicyclic) bond motifs is 1. The smallest absolute Gasteiger partial charge is 0.133 e. The molecular weight excluding hydrogens is 238 g/mol. The van der Waals surface area contributed by atoms with E-state index >= 15 is 0 Å². The van der Waals surface area contributed by atoms with E-state index in [0.29, 0.717) is 5.92 Å². The molecule has 0 aliphatic carbocycles. The van der Waals surface area contributed by atoms with Gasteiger partial charge in [-0.15, -0.1) is 0 Å².